The molecule has 3 N–H and O–H groups in total. The van der Waals surface area contributed by atoms with Crippen molar-refractivity contribution in [3.05, 3.63) is 17.7 Å². The van der Waals surface area contributed by atoms with Crippen molar-refractivity contribution in [2.45, 2.75) is 44.6 Å². The lowest BCUT2D eigenvalue weighted by atomic mass is 9.96. The second-order valence-electron chi connectivity index (χ2n) is 6.05. The number of aromatic amines is 1. The molecule has 0 aliphatic carbocycles. The molecule has 1 atom stereocenters. The summed E-state index contributed by atoms with van der Waals surface area (Å²) in [6.45, 7) is 6.41. The average molecular weight is 236 g/mol. The Morgan fingerprint density at radius 1 is 1.59 bits per heavy atom. The minimum absolute atomic E-state index is 0.196. The SMILES string of the molecule is CN1CCCC(c2cnc(CC(C)(C)N)[nH]2)C1. The highest BCUT2D eigenvalue weighted by atomic mass is 15.1. The van der Waals surface area contributed by atoms with Crippen LogP contribution in [0.25, 0.3) is 0 Å². The summed E-state index contributed by atoms with van der Waals surface area (Å²) >= 11 is 0. The number of H-pyrrole nitrogens is 1. The Bertz CT molecular complexity index is 364. The molecule has 2 heterocycles. The molecule has 96 valence electrons. The molecule has 4 nitrogen and oxygen atoms in total. The van der Waals surface area contributed by atoms with Gasteiger partial charge in [0.1, 0.15) is 5.82 Å². The number of nitrogens with one attached hydrogen (secondary N) is 1. The molecular formula is C13H24N4. The third-order valence-electron chi connectivity index (χ3n) is 3.34. The van der Waals surface area contributed by atoms with E-state index in [0.29, 0.717) is 5.92 Å². The maximum atomic E-state index is 6.01. The van der Waals surface area contributed by atoms with Crippen LogP contribution in [0.1, 0.15) is 44.1 Å². The van der Waals surface area contributed by atoms with Crippen molar-refractivity contribution in [2.75, 3.05) is 20.1 Å². The van der Waals surface area contributed by atoms with Gasteiger partial charge >= 0.3 is 0 Å². The van der Waals surface area contributed by atoms with E-state index in [0.717, 1.165) is 18.8 Å². The van der Waals surface area contributed by atoms with E-state index in [1.807, 2.05) is 20.0 Å². The molecule has 0 aromatic carbocycles. The van der Waals surface area contributed by atoms with E-state index < -0.39 is 0 Å². The number of aromatic nitrogens is 2. The summed E-state index contributed by atoms with van der Waals surface area (Å²) in [5.74, 6) is 1.62. The van der Waals surface area contributed by atoms with Crippen molar-refractivity contribution < 1.29 is 0 Å². The molecule has 1 aliphatic heterocycles. The van der Waals surface area contributed by atoms with Crippen LogP contribution >= 0.6 is 0 Å². The van der Waals surface area contributed by atoms with Crippen molar-refractivity contribution in [1.29, 1.82) is 0 Å². The van der Waals surface area contributed by atoms with Gasteiger partial charge in [0.05, 0.1) is 0 Å². The van der Waals surface area contributed by atoms with E-state index in [-0.39, 0.29) is 5.54 Å². The van der Waals surface area contributed by atoms with Crippen LogP contribution in [0.4, 0.5) is 0 Å². The first kappa shape index (κ1) is 12.6. The Kier molecular flexibility index (Phi) is 3.54. The highest BCUT2D eigenvalue weighted by molar-refractivity contribution is 5.10. The molecule has 0 amide bonds. The van der Waals surface area contributed by atoms with E-state index in [1.54, 1.807) is 0 Å². The van der Waals surface area contributed by atoms with Crippen LogP contribution in [0.2, 0.25) is 0 Å². The first-order chi connectivity index (χ1) is 7.94. The van der Waals surface area contributed by atoms with Gasteiger partial charge in [-0.05, 0) is 40.3 Å². The second kappa shape index (κ2) is 4.78. The molecule has 0 radical (unpaired) electrons. The Hall–Kier alpha value is -0.870. The van der Waals surface area contributed by atoms with Crippen molar-refractivity contribution >= 4 is 0 Å². The van der Waals surface area contributed by atoms with Crippen LogP contribution in [0.3, 0.4) is 0 Å². The number of nitrogens with zero attached hydrogens (tertiary/aromatic N) is 2. The number of hydrogen-bond acceptors (Lipinski definition) is 3. The summed E-state index contributed by atoms with van der Waals surface area (Å²) in [6.07, 6.45) is 5.33. The molecule has 1 saturated heterocycles. The van der Waals surface area contributed by atoms with Crippen LogP contribution in [-0.2, 0) is 6.42 Å². The summed E-state index contributed by atoms with van der Waals surface area (Å²) in [7, 11) is 2.19. The van der Waals surface area contributed by atoms with Crippen LogP contribution in [0, 0.1) is 0 Å². The highest BCUT2D eigenvalue weighted by Gasteiger charge is 2.21. The molecule has 1 unspecified atom stereocenters. The molecule has 0 spiro atoms. The number of hydrogen-bond donors (Lipinski definition) is 2. The van der Waals surface area contributed by atoms with Crippen LogP contribution in [0.15, 0.2) is 6.20 Å². The fraction of sp³-hybridized carbons (Fsp3) is 0.769. The lowest BCUT2D eigenvalue weighted by Crippen LogP contribution is -2.35. The van der Waals surface area contributed by atoms with Gasteiger partial charge in [0.25, 0.3) is 0 Å². The summed E-state index contributed by atoms with van der Waals surface area (Å²) in [4.78, 5) is 10.3. The zero-order chi connectivity index (χ0) is 12.5. The van der Waals surface area contributed by atoms with Gasteiger partial charge < -0.3 is 15.6 Å². The van der Waals surface area contributed by atoms with Crippen molar-refractivity contribution in [3.8, 4) is 0 Å². The maximum absolute atomic E-state index is 6.01. The number of rotatable bonds is 3. The maximum Gasteiger partial charge on any atom is 0.108 e. The van der Waals surface area contributed by atoms with Gasteiger partial charge in [-0.25, -0.2) is 4.98 Å². The molecule has 17 heavy (non-hydrogen) atoms. The standard InChI is InChI=1S/C13H24N4/c1-13(2,14)7-12-15-8-11(16-12)10-5-4-6-17(3)9-10/h8,10H,4-7,9,14H2,1-3H3,(H,15,16). The number of nitrogens with two attached hydrogens (primary N) is 1. The van der Waals surface area contributed by atoms with E-state index in [2.05, 4.69) is 21.9 Å². The van der Waals surface area contributed by atoms with Gasteiger partial charge in [0.2, 0.25) is 0 Å². The molecule has 1 aromatic rings. The Labute approximate surface area is 104 Å². The Morgan fingerprint density at radius 2 is 2.35 bits per heavy atom. The van der Waals surface area contributed by atoms with Crippen LogP contribution in [0.5, 0.6) is 0 Å². The number of likely N-dealkylation sites (N-methyl/N-ethyl adjacent to an activating group) is 1. The summed E-state index contributed by atoms with van der Waals surface area (Å²) in [5.41, 5.74) is 7.09. The predicted molar refractivity (Wildman–Crippen MR) is 70.0 cm³/mol. The average Bonchev–Trinajstić information content (AvgIpc) is 2.63. The lowest BCUT2D eigenvalue weighted by Gasteiger charge is -2.28. The molecule has 0 saturated carbocycles. The first-order valence-corrected chi connectivity index (χ1v) is 6.45. The Morgan fingerprint density at radius 3 is 3.00 bits per heavy atom. The Balaban J connectivity index is 2.02. The minimum atomic E-state index is -0.196. The van der Waals surface area contributed by atoms with Gasteiger partial charge in [-0.3, -0.25) is 0 Å². The lowest BCUT2D eigenvalue weighted by molar-refractivity contribution is 0.248. The van der Waals surface area contributed by atoms with Gasteiger partial charge in [0, 0.05) is 36.3 Å². The smallest absolute Gasteiger partial charge is 0.108 e. The molecular weight excluding hydrogens is 212 g/mol. The first-order valence-electron chi connectivity index (χ1n) is 6.45. The zero-order valence-electron chi connectivity index (χ0n) is 11.2. The molecule has 1 fully saturated rings. The third kappa shape index (κ3) is 3.54. The molecule has 0 bridgehead atoms. The highest BCUT2D eigenvalue weighted by Crippen LogP contribution is 2.25. The molecule has 4 heteroatoms. The molecule has 1 aromatic heterocycles. The molecule has 2 rings (SSSR count). The van der Waals surface area contributed by atoms with Gasteiger partial charge in [-0.15, -0.1) is 0 Å². The summed E-state index contributed by atoms with van der Waals surface area (Å²) < 4.78 is 0. The fourth-order valence-electron chi connectivity index (χ4n) is 2.53. The van der Waals surface area contributed by atoms with E-state index in [9.17, 15) is 0 Å². The van der Waals surface area contributed by atoms with Crippen molar-refractivity contribution in [1.82, 2.24) is 14.9 Å². The van der Waals surface area contributed by atoms with Gasteiger partial charge in [0.15, 0.2) is 0 Å². The third-order valence-corrected chi connectivity index (χ3v) is 3.34. The molecule has 1 aliphatic rings. The van der Waals surface area contributed by atoms with E-state index in [1.165, 1.54) is 25.1 Å². The van der Waals surface area contributed by atoms with Crippen molar-refractivity contribution in [3.63, 3.8) is 0 Å². The zero-order valence-corrected chi connectivity index (χ0v) is 11.2. The van der Waals surface area contributed by atoms with Crippen molar-refractivity contribution in [2.24, 2.45) is 5.73 Å². The summed E-state index contributed by atoms with van der Waals surface area (Å²) in [6, 6.07) is 0. The fourth-order valence-corrected chi connectivity index (χ4v) is 2.53. The van der Waals surface area contributed by atoms with Gasteiger partial charge in [-0.2, -0.15) is 0 Å². The quantitative estimate of drug-likeness (QED) is 0.836. The predicted octanol–water partition coefficient (Wildman–Crippen LogP) is 1.50. The second-order valence-corrected chi connectivity index (χ2v) is 6.05. The number of piperidine rings is 1. The monoisotopic (exact) mass is 236 g/mol. The van der Waals surface area contributed by atoms with Crippen LogP contribution in [-0.4, -0.2) is 40.5 Å². The number of imidazole rings is 1. The van der Waals surface area contributed by atoms with E-state index >= 15 is 0 Å². The van der Waals surface area contributed by atoms with Gasteiger partial charge in [-0.1, -0.05) is 0 Å². The normalized spacial score (nSPS) is 22.9. The number of likely N-dealkylation sites (tertiary alicyclic amines) is 1. The van der Waals surface area contributed by atoms with Crippen LogP contribution < -0.4 is 5.73 Å². The summed E-state index contributed by atoms with van der Waals surface area (Å²) in [5, 5.41) is 0. The van der Waals surface area contributed by atoms with E-state index in [4.69, 9.17) is 5.73 Å². The minimum Gasteiger partial charge on any atom is -0.346 e. The largest absolute Gasteiger partial charge is 0.346 e. The topological polar surface area (TPSA) is 57.9 Å².